The number of unbranched alkanes of at least 4 members (excludes halogenated alkanes) is 15. The molecule has 0 bridgehead atoms. The Kier molecular flexibility index (Phi) is 17.6. The van der Waals surface area contributed by atoms with Gasteiger partial charge in [0.05, 0.1) is 0 Å². The van der Waals surface area contributed by atoms with Crippen LogP contribution in [0, 0.1) is 0 Å². The molecule has 172 valence electrons. The van der Waals surface area contributed by atoms with Crippen LogP contribution in [0.2, 0.25) is 0 Å². The van der Waals surface area contributed by atoms with Crippen molar-refractivity contribution in [1.29, 1.82) is 0 Å². The number of rotatable bonds is 21. The monoisotopic (exact) mass is 406 g/mol. The van der Waals surface area contributed by atoms with E-state index in [1.807, 2.05) is 0 Å². The van der Waals surface area contributed by atoms with Gasteiger partial charge in [0.1, 0.15) is 6.17 Å². The summed E-state index contributed by atoms with van der Waals surface area (Å²) in [6.45, 7) is 9.44. The molecule has 0 saturated carbocycles. The molecule has 29 heavy (non-hydrogen) atoms. The largest absolute Gasteiger partial charge is 0.356 e. The minimum Gasteiger partial charge on any atom is -0.356 e. The molecule has 0 radical (unpaired) electrons. The Morgan fingerprint density at radius 2 is 0.793 bits per heavy atom. The van der Waals surface area contributed by atoms with Crippen molar-refractivity contribution in [1.82, 2.24) is 9.80 Å². The van der Waals surface area contributed by atoms with Gasteiger partial charge in [-0.15, -0.1) is 0 Å². The van der Waals surface area contributed by atoms with E-state index < -0.39 is 0 Å². The highest BCUT2D eigenvalue weighted by atomic mass is 15.4. The van der Waals surface area contributed by atoms with E-state index in [-0.39, 0.29) is 0 Å². The molecule has 0 N–H and O–H groups in total. The van der Waals surface area contributed by atoms with E-state index >= 15 is 0 Å². The van der Waals surface area contributed by atoms with Crippen molar-refractivity contribution in [3.63, 3.8) is 0 Å². The average molecular weight is 407 g/mol. The summed E-state index contributed by atoms with van der Waals surface area (Å²) >= 11 is 0. The molecule has 0 aromatic rings. The van der Waals surface area contributed by atoms with Gasteiger partial charge in [0, 0.05) is 25.5 Å². The van der Waals surface area contributed by atoms with E-state index in [9.17, 15) is 0 Å². The molecule has 0 amide bonds. The normalized spacial score (nSPS) is 16.3. The summed E-state index contributed by atoms with van der Waals surface area (Å²) in [7, 11) is 0. The average Bonchev–Trinajstić information content (AvgIpc) is 3.11. The summed E-state index contributed by atoms with van der Waals surface area (Å²) in [4.78, 5) is 5.31. The third kappa shape index (κ3) is 13.3. The zero-order chi connectivity index (χ0) is 21.0. The lowest BCUT2D eigenvalue weighted by molar-refractivity contribution is 0.135. The highest BCUT2D eigenvalue weighted by molar-refractivity contribution is 4.96. The van der Waals surface area contributed by atoms with E-state index in [2.05, 4.69) is 43.0 Å². The first-order chi connectivity index (χ1) is 14.3. The minimum absolute atomic E-state index is 0.645. The molecule has 0 saturated heterocycles. The highest BCUT2D eigenvalue weighted by Gasteiger charge is 2.24. The number of hydrogen-bond donors (Lipinski definition) is 0. The molecule has 0 fully saturated rings. The Hall–Kier alpha value is -0.660. The van der Waals surface area contributed by atoms with Crippen molar-refractivity contribution in [2.75, 3.05) is 13.1 Å². The van der Waals surface area contributed by atoms with Crippen molar-refractivity contribution in [2.24, 2.45) is 0 Å². The second-order valence-corrected chi connectivity index (χ2v) is 9.35. The number of nitrogens with zero attached hydrogens (tertiary/aromatic N) is 2. The highest BCUT2D eigenvalue weighted by Crippen LogP contribution is 2.23. The Morgan fingerprint density at radius 1 is 0.448 bits per heavy atom. The maximum atomic E-state index is 2.66. The molecule has 0 aromatic carbocycles. The predicted octanol–water partition coefficient (Wildman–Crippen LogP) is 8.87. The van der Waals surface area contributed by atoms with Crippen LogP contribution in [0.3, 0.4) is 0 Å². The Morgan fingerprint density at radius 3 is 1.21 bits per heavy atom. The summed E-state index contributed by atoms with van der Waals surface area (Å²) < 4.78 is 0. The van der Waals surface area contributed by atoms with Crippen LogP contribution < -0.4 is 0 Å². The molecule has 1 atom stereocenters. The van der Waals surface area contributed by atoms with E-state index in [4.69, 9.17) is 0 Å². The molecular weight excluding hydrogens is 352 g/mol. The fourth-order valence-corrected chi connectivity index (χ4v) is 4.60. The van der Waals surface area contributed by atoms with Crippen LogP contribution in [0.25, 0.3) is 0 Å². The zero-order valence-electron chi connectivity index (χ0n) is 20.5. The van der Waals surface area contributed by atoms with Gasteiger partial charge in [0.15, 0.2) is 0 Å². The predicted molar refractivity (Wildman–Crippen MR) is 131 cm³/mol. The second kappa shape index (κ2) is 19.3. The van der Waals surface area contributed by atoms with Crippen molar-refractivity contribution < 1.29 is 0 Å². The minimum atomic E-state index is 0.645. The third-order valence-electron chi connectivity index (χ3n) is 6.57. The smallest absolute Gasteiger partial charge is 0.101 e. The lowest BCUT2D eigenvalue weighted by Gasteiger charge is -2.33. The fourth-order valence-electron chi connectivity index (χ4n) is 4.60. The first kappa shape index (κ1) is 26.4. The van der Waals surface area contributed by atoms with Crippen LogP contribution >= 0.6 is 0 Å². The zero-order valence-corrected chi connectivity index (χ0v) is 20.5. The summed E-state index contributed by atoms with van der Waals surface area (Å²) in [6, 6.07) is 0. The first-order valence-electron chi connectivity index (χ1n) is 13.5. The van der Waals surface area contributed by atoms with Crippen LogP contribution in [0.15, 0.2) is 12.4 Å². The maximum absolute atomic E-state index is 2.66. The fraction of sp³-hybridized carbons (Fsp3) is 0.926. The molecule has 1 heterocycles. The van der Waals surface area contributed by atoms with Crippen LogP contribution in [0.1, 0.15) is 143 Å². The van der Waals surface area contributed by atoms with E-state index in [0.717, 1.165) is 0 Å². The van der Waals surface area contributed by atoms with Gasteiger partial charge in [-0.3, -0.25) is 0 Å². The molecule has 0 spiro atoms. The standard InChI is InChI=1S/C27H54N2/c1-4-7-10-12-13-14-15-16-18-21-24-29-26-25-28(23-20-17-11-8-5-2)27(29)22-19-9-6-3/h25-27H,4-24H2,1-3H3. The third-order valence-corrected chi connectivity index (χ3v) is 6.57. The lowest BCUT2D eigenvalue weighted by Crippen LogP contribution is -2.39. The topological polar surface area (TPSA) is 6.48 Å². The molecular formula is C27H54N2. The van der Waals surface area contributed by atoms with Gasteiger partial charge >= 0.3 is 0 Å². The van der Waals surface area contributed by atoms with Gasteiger partial charge in [-0.1, -0.05) is 117 Å². The van der Waals surface area contributed by atoms with E-state index in [1.54, 1.807) is 0 Å². The van der Waals surface area contributed by atoms with Gasteiger partial charge in [-0.2, -0.15) is 0 Å². The quantitative estimate of drug-likeness (QED) is 0.176. The van der Waals surface area contributed by atoms with Crippen LogP contribution in [0.5, 0.6) is 0 Å². The molecule has 0 aromatic heterocycles. The van der Waals surface area contributed by atoms with Gasteiger partial charge in [-0.25, -0.2) is 0 Å². The first-order valence-corrected chi connectivity index (χ1v) is 13.5. The molecule has 0 aliphatic carbocycles. The number of hydrogen-bond acceptors (Lipinski definition) is 2. The van der Waals surface area contributed by atoms with Crippen molar-refractivity contribution in [2.45, 2.75) is 149 Å². The Balaban J connectivity index is 2.18. The molecule has 2 nitrogen and oxygen atoms in total. The summed E-state index contributed by atoms with van der Waals surface area (Å²) in [5, 5.41) is 0. The Bertz CT molecular complexity index is 366. The molecule has 1 unspecified atom stereocenters. The van der Waals surface area contributed by atoms with E-state index in [0.29, 0.717) is 6.17 Å². The van der Waals surface area contributed by atoms with Crippen molar-refractivity contribution >= 4 is 0 Å². The molecule has 1 aliphatic heterocycles. The van der Waals surface area contributed by atoms with Gasteiger partial charge in [-0.05, 0) is 25.7 Å². The summed E-state index contributed by atoms with van der Waals surface area (Å²) in [5.41, 5.74) is 0. The summed E-state index contributed by atoms with van der Waals surface area (Å²) in [6.07, 6.45) is 32.1. The maximum Gasteiger partial charge on any atom is 0.101 e. The summed E-state index contributed by atoms with van der Waals surface area (Å²) in [5.74, 6) is 0. The molecule has 1 rings (SSSR count). The second-order valence-electron chi connectivity index (χ2n) is 9.35. The van der Waals surface area contributed by atoms with Gasteiger partial charge in [0.2, 0.25) is 0 Å². The molecule has 2 heteroatoms. The van der Waals surface area contributed by atoms with Crippen molar-refractivity contribution in [3.8, 4) is 0 Å². The van der Waals surface area contributed by atoms with Crippen LogP contribution in [-0.2, 0) is 0 Å². The molecule has 1 aliphatic rings. The van der Waals surface area contributed by atoms with Gasteiger partial charge < -0.3 is 9.80 Å². The Labute approximate surface area is 184 Å². The SMILES string of the molecule is CCCCCCCCCCCCN1C=CN(CCCCCCC)C1CCCCC. The van der Waals surface area contributed by atoms with Crippen LogP contribution in [-0.4, -0.2) is 29.1 Å². The van der Waals surface area contributed by atoms with Crippen molar-refractivity contribution in [3.05, 3.63) is 12.4 Å². The van der Waals surface area contributed by atoms with Crippen LogP contribution in [0.4, 0.5) is 0 Å². The van der Waals surface area contributed by atoms with E-state index in [1.165, 1.54) is 135 Å². The van der Waals surface area contributed by atoms with Gasteiger partial charge in [0.25, 0.3) is 0 Å². The lowest BCUT2D eigenvalue weighted by atomic mass is 10.1.